The summed E-state index contributed by atoms with van der Waals surface area (Å²) in [5.41, 5.74) is 0. The van der Waals surface area contributed by atoms with Gasteiger partial charge in [0, 0.05) is 13.5 Å². The van der Waals surface area contributed by atoms with Gasteiger partial charge in [0.05, 0.1) is 12.6 Å². The standard InChI is InChI=1S/C10H18N4O3/c1-7(15)4-5-14(3)6-9(16)11-10-13-12-8(2)17-10/h7,15H,4-6H2,1-3H3,(H,11,13,16). The lowest BCUT2D eigenvalue weighted by molar-refractivity contribution is -0.117. The van der Waals surface area contributed by atoms with Crippen LogP contribution in [0.25, 0.3) is 0 Å². The van der Waals surface area contributed by atoms with E-state index < -0.39 is 0 Å². The molecule has 2 N–H and O–H groups in total. The zero-order valence-corrected chi connectivity index (χ0v) is 10.3. The molecule has 0 saturated heterocycles. The number of likely N-dealkylation sites (N-methyl/N-ethyl adjacent to an activating group) is 1. The van der Waals surface area contributed by atoms with Crippen LogP contribution in [0.3, 0.4) is 0 Å². The van der Waals surface area contributed by atoms with Crippen molar-refractivity contribution in [2.75, 3.05) is 25.5 Å². The predicted octanol–water partition coefficient (Wildman–Crippen LogP) is 0.0192. The van der Waals surface area contributed by atoms with Crippen LogP contribution in [0.4, 0.5) is 6.01 Å². The van der Waals surface area contributed by atoms with Crippen molar-refractivity contribution < 1.29 is 14.3 Å². The van der Waals surface area contributed by atoms with Gasteiger partial charge in [-0.25, -0.2) is 0 Å². The molecule has 1 aromatic rings. The smallest absolute Gasteiger partial charge is 0.322 e. The molecule has 0 saturated carbocycles. The van der Waals surface area contributed by atoms with Gasteiger partial charge in [-0.1, -0.05) is 5.10 Å². The number of amides is 1. The van der Waals surface area contributed by atoms with E-state index in [1.807, 2.05) is 4.90 Å². The average molecular weight is 242 g/mol. The minimum absolute atomic E-state index is 0.108. The van der Waals surface area contributed by atoms with Crippen LogP contribution < -0.4 is 5.32 Å². The first-order valence-corrected chi connectivity index (χ1v) is 5.44. The van der Waals surface area contributed by atoms with Crippen LogP contribution >= 0.6 is 0 Å². The molecule has 1 heterocycles. The second kappa shape index (κ2) is 6.31. The van der Waals surface area contributed by atoms with Gasteiger partial charge in [-0.15, -0.1) is 5.10 Å². The molecule has 0 bridgehead atoms. The lowest BCUT2D eigenvalue weighted by atomic mass is 10.3. The summed E-state index contributed by atoms with van der Waals surface area (Å²) in [6, 6.07) is 0.108. The number of hydrogen-bond donors (Lipinski definition) is 2. The number of nitrogens with one attached hydrogen (secondary N) is 1. The average Bonchev–Trinajstić information content (AvgIpc) is 2.60. The van der Waals surface area contributed by atoms with E-state index in [0.717, 1.165) is 0 Å². The highest BCUT2D eigenvalue weighted by Gasteiger charge is 2.10. The lowest BCUT2D eigenvalue weighted by Crippen LogP contribution is -2.32. The van der Waals surface area contributed by atoms with Crippen LogP contribution in [0, 0.1) is 6.92 Å². The molecule has 96 valence electrons. The Morgan fingerprint density at radius 2 is 2.29 bits per heavy atom. The Labute approximate surface area is 99.8 Å². The number of carbonyl (C=O) groups excluding carboxylic acids is 1. The number of aliphatic hydroxyl groups excluding tert-OH is 1. The summed E-state index contributed by atoms with van der Waals surface area (Å²) in [5, 5.41) is 18.9. The molecule has 17 heavy (non-hydrogen) atoms. The first kappa shape index (κ1) is 13.6. The molecular formula is C10H18N4O3. The number of carbonyl (C=O) groups is 1. The lowest BCUT2D eigenvalue weighted by Gasteiger charge is -2.16. The summed E-state index contributed by atoms with van der Waals surface area (Å²) in [5.74, 6) is 0.185. The molecule has 7 heteroatoms. The molecule has 1 unspecified atom stereocenters. The minimum atomic E-state index is -0.362. The van der Waals surface area contributed by atoms with Gasteiger partial charge in [0.1, 0.15) is 0 Å². The van der Waals surface area contributed by atoms with Crippen molar-refractivity contribution in [3.05, 3.63) is 5.89 Å². The van der Waals surface area contributed by atoms with Gasteiger partial charge in [-0.3, -0.25) is 15.0 Å². The van der Waals surface area contributed by atoms with E-state index in [1.54, 1.807) is 20.9 Å². The summed E-state index contributed by atoms with van der Waals surface area (Å²) in [4.78, 5) is 13.3. The Hall–Kier alpha value is -1.47. The molecule has 7 nitrogen and oxygen atoms in total. The highest BCUT2D eigenvalue weighted by atomic mass is 16.4. The Morgan fingerprint density at radius 1 is 1.59 bits per heavy atom. The van der Waals surface area contributed by atoms with Crippen molar-refractivity contribution in [2.45, 2.75) is 26.4 Å². The molecule has 0 spiro atoms. The topological polar surface area (TPSA) is 91.5 Å². The van der Waals surface area contributed by atoms with Crippen molar-refractivity contribution in [1.82, 2.24) is 15.1 Å². The second-order valence-electron chi connectivity index (χ2n) is 4.05. The second-order valence-corrected chi connectivity index (χ2v) is 4.05. The third-order valence-corrected chi connectivity index (χ3v) is 2.11. The Bertz CT molecular complexity index is 364. The van der Waals surface area contributed by atoms with Gasteiger partial charge in [0.15, 0.2) is 0 Å². The summed E-state index contributed by atoms with van der Waals surface area (Å²) >= 11 is 0. The summed E-state index contributed by atoms with van der Waals surface area (Å²) < 4.78 is 5.02. The maximum Gasteiger partial charge on any atom is 0.322 e. The Balaban J connectivity index is 2.29. The molecule has 0 fully saturated rings. The SMILES string of the molecule is Cc1nnc(NC(=O)CN(C)CCC(C)O)o1. The van der Waals surface area contributed by atoms with Gasteiger partial charge < -0.3 is 9.52 Å². The Kier molecular flexibility index (Phi) is 5.05. The Morgan fingerprint density at radius 3 is 2.82 bits per heavy atom. The van der Waals surface area contributed by atoms with Crippen molar-refractivity contribution in [1.29, 1.82) is 0 Å². The number of nitrogens with zero attached hydrogens (tertiary/aromatic N) is 3. The predicted molar refractivity (Wildman–Crippen MR) is 61.5 cm³/mol. The molecular weight excluding hydrogens is 224 g/mol. The maximum absolute atomic E-state index is 11.5. The van der Waals surface area contributed by atoms with E-state index in [0.29, 0.717) is 18.9 Å². The van der Waals surface area contributed by atoms with E-state index in [2.05, 4.69) is 15.5 Å². The molecule has 0 aromatic carbocycles. The fourth-order valence-corrected chi connectivity index (χ4v) is 1.24. The van der Waals surface area contributed by atoms with Gasteiger partial charge in [-0.05, 0) is 20.4 Å². The third kappa shape index (κ3) is 5.41. The number of rotatable bonds is 6. The first-order chi connectivity index (χ1) is 7.97. The number of aliphatic hydroxyl groups is 1. The summed E-state index contributed by atoms with van der Waals surface area (Å²) in [6.45, 7) is 4.23. The largest absolute Gasteiger partial charge is 0.408 e. The molecule has 0 aliphatic heterocycles. The number of aryl methyl sites for hydroxylation is 1. The third-order valence-electron chi connectivity index (χ3n) is 2.11. The van der Waals surface area contributed by atoms with E-state index in [4.69, 9.17) is 9.52 Å². The minimum Gasteiger partial charge on any atom is -0.408 e. The van der Waals surface area contributed by atoms with Crippen molar-refractivity contribution in [2.24, 2.45) is 0 Å². The van der Waals surface area contributed by atoms with E-state index in [1.165, 1.54) is 0 Å². The first-order valence-electron chi connectivity index (χ1n) is 5.44. The summed E-state index contributed by atoms with van der Waals surface area (Å²) in [7, 11) is 1.81. The van der Waals surface area contributed by atoms with Crippen LogP contribution in [0.5, 0.6) is 0 Å². The van der Waals surface area contributed by atoms with Gasteiger partial charge in [0.25, 0.3) is 0 Å². The number of anilines is 1. The fourth-order valence-electron chi connectivity index (χ4n) is 1.24. The quantitative estimate of drug-likeness (QED) is 0.730. The van der Waals surface area contributed by atoms with Gasteiger partial charge in [-0.2, -0.15) is 0 Å². The van der Waals surface area contributed by atoms with E-state index in [-0.39, 0.29) is 24.6 Å². The van der Waals surface area contributed by atoms with Gasteiger partial charge >= 0.3 is 6.01 Å². The van der Waals surface area contributed by atoms with Gasteiger partial charge in [0.2, 0.25) is 11.8 Å². The number of hydrogen-bond acceptors (Lipinski definition) is 6. The van der Waals surface area contributed by atoms with Crippen molar-refractivity contribution >= 4 is 11.9 Å². The molecule has 0 aliphatic carbocycles. The zero-order chi connectivity index (χ0) is 12.8. The monoisotopic (exact) mass is 242 g/mol. The van der Waals surface area contributed by atoms with Crippen LogP contribution in [-0.4, -0.2) is 52.4 Å². The highest BCUT2D eigenvalue weighted by Crippen LogP contribution is 2.03. The van der Waals surface area contributed by atoms with Crippen molar-refractivity contribution in [3.8, 4) is 0 Å². The molecule has 1 rings (SSSR count). The molecule has 1 amide bonds. The van der Waals surface area contributed by atoms with E-state index in [9.17, 15) is 4.79 Å². The van der Waals surface area contributed by atoms with Crippen LogP contribution in [0.2, 0.25) is 0 Å². The molecule has 1 atom stereocenters. The molecule has 0 radical (unpaired) electrons. The number of aromatic nitrogens is 2. The van der Waals surface area contributed by atoms with Crippen LogP contribution in [0.15, 0.2) is 4.42 Å². The zero-order valence-electron chi connectivity index (χ0n) is 10.3. The fraction of sp³-hybridized carbons (Fsp3) is 0.700. The van der Waals surface area contributed by atoms with Crippen LogP contribution in [0.1, 0.15) is 19.2 Å². The summed E-state index contributed by atoms with van der Waals surface area (Å²) in [6.07, 6.45) is 0.266. The normalized spacial score (nSPS) is 12.8. The molecule has 1 aromatic heterocycles. The molecule has 0 aliphatic rings. The maximum atomic E-state index is 11.5. The van der Waals surface area contributed by atoms with Crippen molar-refractivity contribution in [3.63, 3.8) is 0 Å². The van der Waals surface area contributed by atoms with Crippen LogP contribution in [-0.2, 0) is 4.79 Å². The highest BCUT2D eigenvalue weighted by molar-refractivity contribution is 5.90. The van der Waals surface area contributed by atoms with E-state index >= 15 is 0 Å².